The van der Waals surface area contributed by atoms with Gasteiger partial charge in [-0.3, -0.25) is 0 Å². The fourth-order valence-electron chi connectivity index (χ4n) is 1.12. The standard InChI is InChI=1S/2C4H8N.4CO.Mo/c2*1-2-4-5-3-1;4*1-2;/h2*1-4H2;;;;;/q2*-1;;;;;+2. The van der Waals surface area contributed by atoms with Gasteiger partial charge in [0.05, 0.1) is 0 Å². The molecule has 104 valence electrons. The summed E-state index contributed by atoms with van der Waals surface area (Å²) in [6.45, 7) is 22.5. The maximum atomic E-state index is 7.50. The Balaban J connectivity index is -0.0000000443. The Bertz CT molecular complexity index is 148. The molecule has 0 atom stereocenters. The van der Waals surface area contributed by atoms with E-state index in [0.29, 0.717) is 0 Å². The largest absolute Gasteiger partial charge is 2.00 e. The Hall–Kier alpha value is -0.432. The van der Waals surface area contributed by atoms with Crippen LogP contribution in [-0.2, 0) is 39.7 Å². The van der Waals surface area contributed by atoms with Crippen LogP contribution in [-0.4, -0.2) is 26.2 Å². The average molecular weight is 348 g/mol. The minimum Gasteiger partial charge on any atom is 2.00 e. The summed E-state index contributed by atoms with van der Waals surface area (Å²) >= 11 is 0. The first-order valence-electron chi connectivity index (χ1n) is 5.08. The van der Waals surface area contributed by atoms with E-state index in [1.807, 2.05) is 0 Å². The van der Waals surface area contributed by atoms with Gasteiger partial charge in [0.15, 0.2) is 0 Å². The molecule has 0 radical (unpaired) electrons. The first-order chi connectivity index (χ1) is 9.00. The third kappa shape index (κ3) is 46.5. The van der Waals surface area contributed by atoms with Gasteiger partial charge in [0, 0.05) is 0 Å². The molecule has 19 heavy (non-hydrogen) atoms. The summed E-state index contributed by atoms with van der Waals surface area (Å²) in [5.74, 6) is 0. The van der Waals surface area contributed by atoms with Crippen LogP contribution in [0.25, 0.3) is 10.6 Å². The van der Waals surface area contributed by atoms with Crippen molar-refractivity contribution >= 4 is 0 Å². The van der Waals surface area contributed by atoms with Crippen molar-refractivity contribution in [3.8, 4) is 0 Å². The van der Waals surface area contributed by atoms with Crippen molar-refractivity contribution in [3.05, 3.63) is 37.2 Å². The topological polar surface area (TPSA) is 108 Å². The zero-order valence-electron chi connectivity index (χ0n) is 10.6. The van der Waals surface area contributed by atoms with Crippen molar-refractivity contribution in [2.45, 2.75) is 25.7 Å². The second-order valence-corrected chi connectivity index (χ2v) is 2.76. The zero-order valence-corrected chi connectivity index (χ0v) is 12.6. The molecule has 7 heteroatoms. The second kappa shape index (κ2) is 52.7. The van der Waals surface area contributed by atoms with Gasteiger partial charge in [-0.25, -0.2) is 0 Å². The Morgan fingerprint density at radius 2 is 0.632 bits per heavy atom. The van der Waals surface area contributed by atoms with Gasteiger partial charge in [0.25, 0.3) is 0 Å². The van der Waals surface area contributed by atoms with Crippen LogP contribution in [0.4, 0.5) is 0 Å². The van der Waals surface area contributed by atoms with Crippen LogP contribution in [0.2, 0.25) is 0 Å². The van der Waals surface area contributed by atoms with E-state index in [1.54, 1.807) is 0 Å². The molecule has 0 bridgehead atoms. The summed E-state index contributed by atoms with van der Waals surface area (Å²) < 4.78 is 30.0. The van der Waals surface area contributed by atoms with Gasteiger partial charge in [-0.1, -0.05) is 25.7 Å². The maximum Gasteiger partial charge on any atom is 2.00 e. The third-order valence-electron chi connectivity index (χ3n) is 1.76. The summed E-state index contributed by atoms with van der Waals surface area (Å²) in [6.07, 6.45) is 5.33. The Morgan fingerprint density at radius 3 is 0.684 bits per heavy atom. The third-order valence-corrected chi connectivity index (χ3v) is 1.76. The normalized spacial score (nSPS) is 13.1. The Kier molecular flexibility index (Phi) is 86.3. The fourth-order valence-corrected chi connectivity index (χ4v) is 1.12. The van der Waals surface area contributed by atoms with Crippen molar-refractivity contribution in [1.82, 2.24) is 0 Å². The van der Waals surface area contributed by atoms with Gasteiger partial charge in [-0.2, -0.15) is 0 Å². The van der Waals surface area contributed by atoms with Crippen molar-refractivity contribution in [2.24, 2.45) is 0 Å². The molecule has 0 aromatic rings. The zero-order chi connectivity index (χ0) is 15.1. The first-order valence-corrected chi connectivity index (χ1v) is 5.08. The predicted octanol–water partition coefficient (Wildman–Crippen LogP) is 2.16. The molecule has 2 fully saturated rings. The van der Waals surface area contributed by atoms with Crippen LogP contribution >= 0.6 is 0 Å². The molecule has 2 heterocycles. The minimum absolute atomic E-state index is 0. The Labute approximate surface area is 129 Å². The summed E-state index contributed by atoms with van der Waals surface area (Å²) in [5.41, 5.74) is 0. The minimum atomic E-state index is 0. The number of nitrogens with zero attached hydrogens (tertiary/aromatic N) is 2. The van der Waals surface area contributed by atoms with Crippen LogP contribution in [0, 0.1) is 26.6 Å². The van der Waals surface area contributed by atoms with Crippen LogP contribution in [0.1, 0.15) is 25.7 Å². The van der Waals surface area contributed by atoms with Crippen molar-refractivity contribution in [1.29, 1.82) is 0 Å². The molecular formula is C12H16MoN2O4. The summed E-state index contributed by atoms with van der Waals surface area (Å²) in [5, 5.41) is 8.17. The molecule has 0 aliphatic carbocycles. The molecule has 0 amide bonds. The number of hydrogen-bond acceptors (Lipinski definition) is 0. The molecule has 6 nitrogen and oxygen atoms in total. The van der Waals surface area contributed by atoms with Crippen molar-refractivity contribution < 1.29 is 39.7 Å². The van der Waals surface area contributed by atoms with E-state index in [4.69, 9.17) is 18.6 Å². The van der Waals surface area contributed by atoms with Crippen molar-refractivity contribution in [2.75, 3.05) is 26.2 Å². The van der Waals surface area contributed by atoms with E-state index in [9.17, 15) is 0 Å². The molecule has 2 aliphatic heterocycles. The van der Waals surface area contributed by atoms with E-state index in [0.717, 1.165) is 26.2 Å². The molecule has 0 aromatic carbocycles. The molecule has 0 unspecified atom stereocenters. The Morgan fingerprint density at radius 1 is 0.474 bits per heavy atom. The van der Waals surface area contributed by atoms with Gasteiger partial charge < -0.3 is 10.6 Å². The van der Waals surface area contributed by atoms with E-state index < -0.39 is 0 Å². The molecule has 2 saturated heterocycles. The molecular weight excluding hydrogens is 332 g/mol. The van der Waals surface area contributed by atoms with Gasteiger partial charge in [0.2, 0.25) is 0 Å². The molecule has 0 aromatic heterocycles. The predicted molar refractivity (Wildman–Crippen MR) is 60.4 cm³/mol. The summed E-state index contributed by atoms with van der Waals surface area (Å²) in [6, 6.07) is 0. The van der Waals surface area contributed by atoms with E-state index in [-0.39, 0.29) is 21.1 Å². The molecule has 0 N–H and O–H groups in total. The van der Waals surface area contributed by atoms with Crippen molar-refractivity contribution in [3.63, 3.8) is 0 Å². The first kappa shape index (κ1) is 31.1. The SMILES string of the molecule is C1CC[N-]C1.C1CC[N-]C1.[C-]#[O+].[C-]#[O+].[C-]#[O+].[C-]#[O+].[Mo+2]. The van der Waals surface area contributed by atoms with Gasteiger partial charge >= 0.3 is 66.3 Å². The van der Waals surface area contributed by atoms with Crippen LogP contribution in [0.3, 0.4) is 0 Å². The maximum absolute atomic E-state index is 7.50. The molecule has 2 rings (SSSR count). The van der Waals surface area contributed by atoms with Gasteiger partial charge in [-0.15, -0.1) is 26.2 Å². The average Bonchev–Trinajstić information content (AvgIpc) is 3.25. The molecule has 0 saturated carbocycles. The summed E-state index contributed by atoms with van der Waals surface area (Å²) in [7, 11) is 0. The second-order valence-electron chi connectivity index (χ2n) is 2.76. The van der Waals surface area contributed by atoms with Gasteiger partial charge in [-0.05, 0) is 0 Å². The van der Waals surface area contributed by atoms with Crippen LogP contribution in [0.5, 0.6) is 0 Å². The number of hydrogen-bond donors (Lipinski definition) is 0. The quantitative estimate of drug-likeness (QED) is 0.363. The molecule has 0 spiro atoms. The number of rotatable bonds is 0. The fraction of sp³-hybridized carbons (Fsp3) is 0.667. The smallest absolute Gasteiger partial charge is 2.00 e. The van der Waals surface area contributed by atoms with Crippen LogP contribution in [0.15, 0.2) is 0 Å². The summed E-state index contributed by atoms with van der Waals surface area (Å²) in [4.78, 5) is 0. The van der Waals surface area contributed by atoms with Gasteiger partial charge in [0.1, 0.15) is 0 Å². The van der Waals surface area contributed by atoms with E-state index >= 15 is 0 Å². The van der Waals surface area contributed by atoms with E-state index in [1.165, 1.54) is 25.7 Å². The van der Waals surface area contributed by atoms with E-state index in [2.05, 4.69) is 37.2 Å². The molecule has 2 aliphatic rings. The van der Waals surface area contributed by atoms with Crippen LogP contribution < -0.4 is 0 Å². The monoisotopic (exact) mass is 350 g/mol.